The molecule has 1 fully saturated rings. The fourth-order valence-corrected chi connectivity index (χ4v) is 1.29. The van der Waals surface area contributed by atoms with Gasteiger partial charge in [-0.15, -0.1) is 0 Å². The van der Waals surface area contributed by atoms with E-state index in [1.54, 1.807) is 18.5 Å². The van der Waals surface area contributed by atoms with Gasteiger partial charge in [0.1, 0.15) is 5.60 Å². The van der Waals surface area contributed by atoms with Gasteiger partial charge in [-0.2, -0.15) is 0 Å². The molecule has 0 saturated carbocycles. The minimum Gasteiger partial charge on any atom is -0.392 e. The van der Waals surface area contributed by atoms with Crippen LogP contribution < -0.4 is 0 Å². The van der Waals surface area contributed by atoms with Gasteiger partial charge in [-0.3, -0.25) is 4.98 Å². The number of nitrogens with zero attached hydrogens (tertiary/aromatic N) is 1. The Hall–Kier alpha value is -0.970. The van der Waals surface area contributed by atoms with Crippen LogP contribution in [0.4, 0.5) is 0 Å². The van der Waals surface area contributed by atoms with Gasteiger partial charge in [-0.25, -0.2) is 0 Å². The van der Waals surface area contributed by atoms with Gasteiger partial charge in [0.05, 0.1) is 19.8 Å². The molecule has 0 bridgehead atoms. The summed E-state index contributed by atoms with van der Waals surface area (Å²) in [6, 6.07) is 1.75. The first-order chi connectivity index (χ1) is 6.24. The van der Waals surface area contributed by atoms with Gasteiger partial charge in [0.2, 0.25) is 0 Å². The van der Waals surface area contributed by atoms with Gasteiger partial charge in [-0.05, 0) is 11.6 Å². The van der Waals surface area contributed by atoms with Crippen LogP contribution in [-0.4, -0.2) is 28.4 Å². The summed E-state index contributed by atoms with van der Waals surface area (Å²) in [6.45, 7) is 0.560. The number of aliphatic hydroxyl groups excluding tert-OH is 1. The van der Waals surface area contributed by atoms with E-state index in [4.69, 9.17) is 9.84 Å². The SMILES string of the molecule is OCc1cncc(C2(O)COC2)c1. The number of aromatic nitrogens is 1. The van der Waals surface area contributed by atoms with Gasteiger partial charge in [-0.1, -0.05) is 0 Å². The molecule has 0 aliphatic carbocycles. The molecule has 0 atom stereocenters. The second-order valence-electron chi connectivity index (χ2n) is 3.26. The highest BCUT2D eigenvalue weighted by molar-refractivity contribution is 5.25. The van der Waals surface area contributed by atoms with Gasteiger partial charge >= 0.3 is 0 Å². The average Bonchev–Trinajstić information content (AvgIpc) is 2.14. The van der Waals surface area contributed by atoms with Crippen LogP contribution in [0.25, 0.3) is 0 Å². The van der Waals surface area contributed by atoms with Crippen molar-refractivity contribution in [1.82, 2.24) is 4.98 Å². The van der Waals surface area contributed by atoms with Crippen LogP contribution in [0, 0.1) is 0 Å². The van der Waals surface area contributed by atoms with Crippen LogP contribution >= 0.6 is 0 Å². The summed E-state index contributed by atoms with van der Waals surface area (Å²) in [6.07, 6.45) is 3.17. The summed E-state index contributed by atoms with van der Waals surface area (Å²) >= 11 is 0. The number of ether oxygens (including phenoxy) is 1. The number of hydrogen-bond acceptors (Lipinski definition) is 4. The van der Waals surface area contributed by atoms with Crippen LogP contribution in [0.1, 0.15) is 11.1 Å². The second kappa shape index (κ2) is 3.06. The summed E-state index contributed by atoms with van der Waals surface area (Å²) in [7, 11) is 0. The molecule has 0 aromatic carbocycles. The van der Waals surface area contributed by atoms with E-state index in [0.717, 1.165) is 0 Å². The van der Waals surface area contributed by atoms with E-state index in [1.165, 1.54) is 0 Å². The number of hydrogen-bond donors (Lipinski definition) is 2. The molecule has 2 rings (SSSR count). The Bertz CT molecular complexity index is 309. The molecule has 0 unspecified atom stereocenters. The van der Waals surface area contributed by atoms with Gasteiger partial charge < -0.3 is 14.9 Å². The lowest BCUT2D eigenvalue weighted by Gasteiger charge is -2.36. The standard InChI is InChI=1S/C9H11NO3/c11-4-7-1-8(3-10-2-7)9(12)5-13-6-9/h1-3,11-12H,4-6H2. The maximum atomic E-state index is 9.85. The fourth-order valence-electron chi connectivity index (χ4n) is 1.29. The van der Waals surface area contributed by atoms with E-state index in [9.17, 15) is 5.11 Å². The molecule has 1 aromatic heterocycles. The van der Waals surface area contributed by atoms with Crippen LogP contribution in [0.15, 0.2) is 18.5 Å². The zero-order valence-electron chi connectivity index (χ0n) is 7.10. The van der Waals surface area contributed by atoms with Gasteiger partial charge in [0, 0.05) is 18.0 Å². The Labute approximate surface area is 75.8 Å². The van der Waals surface area contributed by atoms with E-state index in [0.29, 0.717) is 24.3 Å². The molecule has 70 valence electrons. The molecular weight excluding hydrogens is 170 g/mol. The third-order valence-electron chi connectivity index (χ3n) is 2.20. The maximum absolute atomic E-state index is 9.85. The predicted octanol–water partition coefficient (Wildman–Crippen LogP) is -0.208. The summed E-state index contributed by atoms with van der Waals surface area (Å²) in [5.41, 5.74) is 0.529. The molecule has 2 N–H and O–H groups in total. The largest absolute Gasteiger partial charge is 0.392 e. The first-order valence-electron chi connectivity index (χ1n) is 4.10. The topological polar surface area (TPSA) is 62.6 Å². The molecule has 13 heavy (non-hydrogen) atoms. The Balaban J connectivity index is 2.29. The van der Waals surface area contributed by atoms with Crippen molar-refractivity contribution in [2.75, 3.05) is 13.2 Å². The fraction of sp³-hybridized carbons (Fsp3) is 0.444. The van der Waals surface area contributed by atoms with Crippen molar-refractivity contribution in [2.24, 2.45) is 0 Å². The van der Waals surface area contributed by atoms with Crippen LogP contribution in [-0.2, 0) is 16.9 Å². The molecule has 0 radical (unpaired) electrons. The van der Waals surface area contributed by atoms with Crippen molar-refractivity contribution in [3.8, 4) is 0 Å². The number of aliphatic hydroxyl groups is 2. The Kier molecular flexibility index (Phi) is 2.03. The zero-order chi connectivity index (χ0) is 9.31. The molecule has 4 heteroatoms. The van der Waals surface area contributed by atoms with Crippen molar-refractivity contribution < 1.29 is 14.9 Å². The van der Waals surface area contributed by atoms with Gasteiger partial charge in [0.15, 0.2) is 0 Å². The highest BCUT2D eigenvalue weighted by atomic mass is 16.5. The molecule has 4 nitrogen and oxygen atoms in total. The zero-order valence-corrected chi connectivity index (χ0v) is 7.10. The Morgan fingerprint density at radius 1 is 1.46 bits per heavy atom. The van der Waals surface area contributed by atoms with E-state index in [1.807, 2.05) is 0 Å². The number of rotatable bonds is 2. The van der Waals surface area contributed by atoms with Crippen LogP contribution in [0.3, 0.4) is 0 Å². The first-order valence-corrected chi connectivity index (χ1v) is 4.10. The van der Waals surface area contributed by atoms with Crippen molar-refractivity contribution >= 4 is 0 Å². The van der Waals surface area contributed by atoms with Crippen LogP contribution in [0.2, 0.25) is 0 Å². The minimum absolute atomic E-state index is 0.0578. The Morgan fingerprint density at radius 2 is 2.23 bits per heavy atom. The highest BCUT2D eigenvalue weighted by Gasteiger charge is 2.38. The first kappa shape index (κ1) is 8.62. The molecule has 1 aliphatic heterocycles. The minimum atomic E-state index is -0.891. The summed E-state index contributed by atoms with van der Waals surface area (Å²) in [5, 5.41) is 18.7. The second-order valence-corrected chi connectivity index (χ2v) is 3.26. The lowest BCUT2D eigenvalue weighted by atomic mass is 9.93. The van der Waals surface area contributed by atoms with E-state index >= 15 is 0 Å². The smallest absolute Gasteiger partial charge is 0.137 e. The van der Waals surface area contributed by atoms with Gasteiger partial charge in [0.25, 0.3) is 0 Å². The molecule has 2 heterocycles. The van der Waals surface area contributed by atoms with E-state index < -0.39 is 5.60 Å². The molecule has 1 aromatic rings. The van der Waals surface area contributed by atoms with E-state index in [2.05, 4.69) is 4.98 Å². The van der Waals surface area contributed by atoms with Crippen molar-refractivity contribution in [1.29, 1.82) is 0 Å². The predicted molar refractivity (Wildman–Crippen MR) is 44.9 cm³/mol. The van der Waals surface area contributed by atoms with Crippen molar-refractivity contribution in [3.05, 3.63) is 29.6 Å². The van der Waals surface area contributed by atoms with E-state index in [-0.39, 0.29) is 6.61 Å². The maximum Gasteiger partial charge on any atom is 0.137 e. The van der Waals surface area contributed by atoms with Crippen LogP contribution in [0.5, 0.6) is 0 Å². The quantitative estimate of drug-likeness (QED) is 0.662. The van der Waals surface area contributed by atoms with Crippen molar-refractivity contribution in [3.63, 3.8) is 0 Å². The molecule has 1 saturated heterocycles. The lowest BCUT2D eigenvalue weighted by molar-refractivity contribution is -0.184. The average molecular weight is 181 g/mol. The number of pyridine rings is 1. The summed E-state index contributed by atoms with van der Waals surface area (Å²) < 4.78 is 4.93. The third-order valence-corrected chi connectivity index (χ3v) is 2.20. The third kappa shape index (κ3) is 1.44. The highest BCUT2D eigenvalue weighted by Crippen LogP contribution is 2.28. The summed E-state index contributed by atoms with van der Waals surface area (Å²) in [5.74, 6) is 0. The molecular formula is C9H11NO3. The molecule has 0 spiro atoms. The van der Waals surface area contributed by atoms with Crippen molar-refractivity contribution in [2.45, 2.75) is 12.2 Å². The monoisotopic (exact) mass is 181 g/mol. The molecule has 0 amide bonds. The lowest BCUT2D eigenvalue weighted by Crippen LogP contribution is -2.46. The Morgan fingerprint density at radius 3 is 2.77 bits per heavy atom. The summed E-state index contributed by atoms with van der Waals surface area (Å²) in [4.78, 5) is 3.93. The molecule has 1 aliphatic rings. The normalized spacial score (nSPS) is 19.5.